The molecule has 1 aromatic rings. The summed E-state index contributed by atoms with van der Waals surface area (Å²) in [5, 5.41) is 0.128. The average Bonchev–Trinajstić information content (AvgIpc) is 3.12. The number of rotatable bonds is 7. The van der Waals surface area contributed by atoms with Crippen molar-refractivity contribution in [2.75, 3.05) is 50.9 Å². The molecule has 3 fully saturated rings. The van der Waals surface area contributed by atoms with E-state index < -0.39 is 14.5 Å². The Labute approximate surface area is 205 Å². The van der Waals surface area contributed by atoms with E-state index >= 15 is 0 Å². The van der Waals surface area contributed by atoms with Gasteiger partial charge in [-0.3, -0.25) is 4.90 Å². The van der Waals surface area contributed by atoms with Gasteiger partial charge in [0, 0.05) is 38.2 Å². The second-order valence-corrected chi connectivity index (χ2v) is 16.6. The highest BCUT2D eigenvalue weighted by Gasteiger charge is 2.49. The number of anilines is 1. The van der Waals surface area contributed by atoms with Crippen LogP contribution in [0.25, 0.3) is 0 Å². The summed E-state index contributed by atoms with van der Waals surface area (Å²) in [7, 11) is -1.93. The zero-order valence-corrected chi connectivity index (χ0v) is 23.0. The number of aryl methyl sites for hydroxylation is 1. The molecule has 34 heavy (non-hydrogen) atoms. The molecule has 0 amide bonds. The van der Waals surface area contributed by atoms with Crippen LogP contribution in [0, 0.1) is 6.92 Å². The largest absolute Gasteiger partial charge is 0.461 e. The second kappa shape index (κ2) is 9.99. The third kappa shape index (κ3) is 5.42. The predicted molar refractivity (Wildman–Crippen MR) is 135 cm³/mol. The molecule has 192 valence electrons. The molecular weight excluding hydrogens is 451 g/mol. The minimum absolute atomic E-state index is 0.128. The van der Waals surface area contributed by atoms with Gasteiger partial charge in [-0.05, 0) is 50.9 Å². The van der Waals surface area contributed by atoms with Crippen LogP contribution in [-0.4, -0.2) is 80.9 Å². The molecular formula is C25H43FN4O3Si. The molecule has 3 saturated heterocycles. The maximum Gasteiger partial charge on any atom is 0.318 e. The second-order valence-electron chi connectivity index (χ2n) is 11.8. The number of hydrogen-bond acceptors (Lipinski definition) is 7. The Kier molecular flexibility index (Phi) is 7.58. The monoisotopic (exact) mass is 494 g/mol. The quantitative estimate of drug-likeness (QED) is 0.518. The van der Waals surface area contributed by atoms with E-state index in [0.717, 1.165) is 62.6 Å². The van der Waals surface area contributed by atoms with E-state index in [9.17, 15) is 4.39 Å². The third-order valence-corrected chi connectivity index (χ3v) is 12.8. The van der Waals surface area contributed by atoms with Gasteiger partial charge in [0.25, 0.3) is 0 Å². The van der Waals surface area contributed by atoms with Crippen molar-refractivity contribution in [1.29, 1.82) is 0 Å². The van der Waals surface area contributed by atoms with Crippen LogP contribution in [0.15, 0.2) is 0 Å². The van der Waals surface area contributed by atoms with Crippen LogP contribution < -0.4 is 9.64 Å². The Hall–Kier alpha value is -1.29. The molecule has 7 nitrogen and oxygen atoms in total. The lowest BCUT2D eigenvalue weighted by molar-refractivity contribution is 0.107. The molecule has 0 bridgehead atoms. The van der Waals surface area contributed by atoms with Crippen molar-refractivity contribution >= 4 is 14.1 Å². The summed E-state index contributed by atoms with van der Waals surface area (Å²) in [6.07, 6.45) is 2.80. The van der Waals surface area contributed by atoms with E-state index in [4.69, 9.17) is 23.9 Å². The molecule has 9 heteroatoms. The van der Waals surface area contributed by atoms with Gasteiger partial charge in [-0.2, -0.15) is 4.98 Å². The summed E-state index contributed by atoms with van der Waals surface area (Å²) < 4.78 is 32.7. The van der Waals surface area contributed by atoms with Gasteiger partial charge in [-0.1, -0.05) is 20.8 Å². The van der Waals surface area contributed by atoms with E-state index in [-0.39, 0.29) is 10.6 Å². The fourth-order valence-corrected chi connectivity index (χ4v) is 6.06. The van der Waals surface area contributed by atoms with E-state index in [1.165, 1.54) is 0 Å². The number of ether oxygens (including phenoxy) is 2. The van der Waals surface area contributed by atoms with E-state index in [1.54, 1.807) is 0 Å². The molecule has 0 aromatic carbocycles. The first kappa shape index (κ1) is 25.8. The number of hydrogen-bond donors (Lipinski definition) is 0. The van der Waals surface area contributed by atoms with Gasteiger partial charge in [-0.25, -0.2) is 9.37 Å². The number of aromatic nitrogens is 2. The van der Waals surface area contributed by atoms with Crippen molar-refractivity contribution in [3.8, 4) is 6.01 Å². The van der Waals surface area contributed by atoms with Crippen LogP contribution in [0.4, 0.5) is 10.2 Å². The summed E-state index contributed by atoms with van der Waals surface area (Å²) in [5.41, 5.74) is 1.71. The Morgan fingerprint density at radius 1 is 1.15 bits per heavy atom. The molecule has 0 unspecified atom stereocenters. The van der Waals surface area contributed by atoms with E-state index in [2.05, 4.69) is 43.7 Å². The van der Waals surface area contributed by atoms with Crippen molar-refractivity contribution in [2.45, 2.75) is 89.8 Å². The summed E-state index contributed by atoms with van der Waals surface area (Å²) in [6.45, 7) is 18.8. The average molecular weight is 495 g/mol. The van der Waals surface area contributed by atoms with Gasteiger partial charge >= 0.3 is 6.01 Å². The molecule has 3 aliphatic heterocycles. The number of halogens is 1. The summed E-state index contributed by atoms with van der Waals surface area (Å²) >= 11 is 0. The SMILES string of the molecule is Cc1nc(OC[C@@]23CCCN2C[C@H](F)C3)nc(N2CCCOCC2)c1CO[Si](C)(C)C(C)(C)C. The molecule has 3 aliphatic rings. The summed E-state index contributed by atoms with van der Waals surface area (Å²) in [6, 6.07) is 0.386. The molecule has 0 saturated carbocycles. The Morgan fingerprint density at radius 3 is 2.71 bits per heavy atom. The molecule has 2 atom stereocenters. The lowest BCUT2D eigenvalue weighted by atomic mass is 9.95. The van der Waals surface area contributed by atoms with E-state index in [1.807, 2.05) is 6.92 Å². The highest BCUT2D eigenvalue weighted by atomic mass is 28.4. The molecule has 4 heterocycles. The zero-order valence-electron chi connectivity index (χ0n) is 22.0. The van der Waals surface area contributed by atoms with Gasteiger partial charge in [0.05, 0.1) is 24.4 Å². The van der Waals surface area contributed by atoms with Gasteiger partial charge < -0.3 is 18.8 Å². The van der Waals surface area contributed by atoms with Gasteiger partial charge in [0.1, 0.15) is 18.6 Å². The first-order valence-corrected chi connectivity index (χ1v) is 15.8. The highest BCUT2D eigenvalue weighted by molar-refractivity contribution is 6.74. The predicted octanol–water partition coefficient (Wildman–Crippen LogP) is 4.49. The van der Waals surface area contributed by atoms with Gasteiger partial charge in [-0.15, -0.1) is 0 Å². The maximum atomic E-state index is 14.2. The molecule has 4 rings (SSSR count). The van der Waals surface area contributed by atoms with Crippen LogP contribution in [0.5, 0.6) is 6.01 Å². The Morgan fingerprint density at radius 2 is 1.94 bits per heavy atom. The lowest BCUT2D eigenvalue weighted by Gasteiger charge is -2.36. The summed E-state index contributed by atoms with van der Waals surface area (Å²) in [4.78, 5) is 14.2. The molecule has 1 aromatic heterocycles. The highest BCUT2D eigenvalue weighted by Crippen LogP contribution is 2.41. The summed E-state index contributed by atoms with van der Waals surface area (Å²) in [5.74, 6) is 0.891. The van der Waals surface area contributed by atoms with Crippen molar-refractivity contribution in [3.05, 3.63) is 11.3 Å². The fourth-order valence-electron chi connectivity index (χ4n) is 5.13. The first-order valence-electron chi connectivity index (χ1n) is 12.9. The standard InChI is InChI=1S/C25H43FN4O3Si/c1-19-21(17-33-34(5,6)24(2,3)4)22(29-10-8-13-31-14-12-29)28-23(27-19)32-18-25-9-7-11-30(25)16-20(26)15-25/h20H,7-18H2,1-6H3/t20-,25+/m1/s1. The smallest absolute Gasteiger partial charge is 0.318 e. The number of alkyl halides is 1. The van der Waals surface area contributed by atoms with Crippen molar-refractivity contribution in [2.24, 2.45) is 0 Å². The molecule has 0 spiro atoms. The Balaban J connectivity index is 1.58. The number of nitrogens with zero attached hydrogens (tertiary/aromatic N) is 4. The first-order chi connectivity index (χ1) is 16.0. The van der Waals surface area contributed by atoms with Crippen LogP contribution >= 0.6 is 0 Å². The van der Waals surface area contributed by atoms with Crippen LogP contribution in [0.3, 0.4) is 0 Å². The van der Waals surface area contributed by atoms with Crippen molar-refractivity contribution in [3.63, 3.8) is 0 Å². The molecule has 0 N–H and O–H groups in total. The van der Waals surface area contributed by atoms with Gasteiger partial charge in [0.2, 0.25) is 0 Å². The van der Waals surface area contributed by atoms with Crippen LogP contribution in [-0.2, 0) is 15.8 Å². The minimum Gasteiger partial charge on any atom is -0.461 e. The van der Waals surface area contributed by atoms with E-state index in [0.29, 0.717) is 38.8 Å². The fraction of sp³-hybridized carbons (Fsp3) is 0.840. The van der Waals surface area contributed by atoms with Crippen molar-refractivity contribution in [1.82, 2.24) is 14.9 Å². The number of fused-ring (bicyclic) bond motifs is 1. The minimum atomic E-state index is -1.93. The Bertz CT molecular complexity index is 857. The lowest BCUT2D eigenvalue weighted by Crippen LogP contribution is -2.43. The van der Waals surface area contributed by atoms with Crippen molar-refractivity contribution < 1.29 is 18.3 Å². The topological polar surface area (TPSA) is 60.0 Å². The normalized spacial score (nSPS) is 26.6. The van der Waals surface area contributed by atoms with Gasteiger partial charge in [0.15, 0.2) is 8.32 Å². The van der Waals surface area contributed by atoms with Crippen LogP contribution in [0.1, 0.15) is 57.7 Å². The van der Waals surface area contributed by atoms with Crippen LogP contribution in [0.2, 0.25) is 18.1 Å². The third-order valence-electron chi connectivity index (χ3n) is 8.31. The zero-order chi connectivity index (χ0) is 24.6. The maximum absolute atomic E-state index is 14.2. The molecule has 0 radical (unpaired) electrons. The molecule has 0 aliphatic carbocycles.